The van der Waals surface area contributed by atoms with E-state index in [1.54, 1.807) is 54.6 Å². The molecule has 0 unspecified atom stereocenters. The Morgan fingerprint density at radius 1 is 0.931 bits per heavy atom. The minimum Gasteiger partial charge on any atom is -0.321 e. The Kier molecular flexibility index (Phi) is 6.03. The summed E-state index contributed by atoms with van der Waals surface area (Å²) >= 11 is 0. The molecule has 3 rings (SSSR count). The summed E-state index contributed by atoms with van der Waals surface area (Å²) in [5, 5.41) is 2.98. The number of nitrogens with one attached hydrogen (secondary N) is 1. The van der Waals surface area contributed by atoms with Gasteiger partial charge in [0.1, 0.15) is 0 Å². The number of aryl methyl sites for hydroxylation is 2. The largest absolute Gasteiger partial charge is 0.321 e. The number of hydrogen-bond acceptors (Lipinski definition) is 3. The van der Waals surface area contributed by atoms with Crippen molar-refractivity contribution in [1.82, 2.24) is 0 Å². The van der Waals surface area contributed by atoms with E-state index in [1.807, 2.05) is 32.0 Å². The predicted molar refractivity (Wildman–Crippen MR) is 117 cm³/mol. The topological polar surface area (TPSA) is 66.5 Å². The average molecular weight is 409 g/mol. The molecule has 1 amide bonds. The van der Waals surface area contributed by atoms with E-state index < -0.39 is 10.0 Å². The van der Waals surface area contributed by atoms with E-state index in [0.29, 0.717) is 11.3 Å². The van der Waals surface area contributed by atoms with Crippen LogP contribution < -0.4 is 9.62 Å². The van der Waals surface area contributed by atoms with E-state index in [9.17, 15) is 13.2 Å². The van der Waals surface area contributed by atoms with E-state index in [4.69, 9.17) is 0 Å². The fourth-order valence-electron chi connectivity index (χ4n) is 3.10. The summed E-state index contributed by atoms with van der Waals surface area (Å²) in [4.78, 5) is 12.9. The third-order valence-corrected chi connectivity index (χ3v) is 6.67. The first-order chi connectivity index (χ1) is 13.8. The number of nitrogens with zero attached hydrogens (tertiary/aromatic N) is 1. The van der Waals surface area contributed by atoms with E-state index in [1.165, 1.54) is 11.4 Å². The van der Waals surface area contributed by atoms with Crippen molar-refractivity contribution in [3.63, 3.8) is 0 Å². The zero-order valence-electron chi connectivity index (χ0n) is 16.7. The fraction of sp³-hybridized carbons (Fsp3) is 0.174. The predicted octanol–water partition coefficient (Wildman–Crippen LogP) is 4.63. The molecule has 0 radical (unpaired) electrons. The minimum atomic E-state index is -3.66. The van der Waals surface area contributed by atoms with Crippen LogP contribution in [0.3, 0.4) is 0 Å². The van der Waals surface area contributed by atoms with Crippen LogP contribution in [0.4, 0.5) is 11.4 Å². The van der Waals surface area contributed by atoms with Gasteiger partial charge in [-0.3, -0.25) is 9.10 Å². The lowest BCUT2D eigenvalue weighted by Gasteiger charge is -2.20. The zero-order valence-corrected chi connectivity index (χ0v) is 17.5. The van der Waals surface area contributed by atoms with Crippen LogP contribution in [0.5, 0.6) is 0 Å². The Bertz CT molecular complexity index is 1110. The molecule has 29 heavy (non-hydrogen) atoms. The lowest BCUT2D eigenvalue weighted by Crippen LogP contribution is -2.26. The van der Waals surface area contributed by atoms with Crippen LogP contribution in [0.2, 0.25) is 0 Å². The van der Waals surface area contributed by atoms with Gasteiger partial charge in [0, 0.05) is 18.3 Å². The molecule has 3 aromatic carbocycles. The number of para-hydroxylation sites is 1. The van der Waals surface area contributed by atoms with Crippen molar-refractivity contribution in [2.24, 2.45) is 0 Å². The molecular weight excluding hydrogens is 384 g/mol. The number of anilines is 2. The molecule has 0 heterocycles. The fourth-order valence-corrected chi connectivity index (χ4v) is 4.32. The lowest BCUT2D eigenvalue weighted by molar-refractivity contribution is 0.102. The van der Waals surface area contributed by atoms with Gasteiger partial charge in [-0.05, 0) is 60.9 Å². The van der Waals surface area contributed by atoms with Crippen LogP contribution in [0, 0.1) is 6.92 Å². The van der Waals surface area contributed by atoms with E-state index in [2.05, 4.69) is 5.32 Å². The standard InChI is InChI=1S/C23H24N2O3S/c1-4-18-10-8-9-17(2)22(18)24-23(26)19-13-15-20(16-14-19)25(3)29(27,28)21-11-6-5-7-12-21/h5-16H,4H2,1-3H3,(H,24,26). The second-order valence-electron chi connectivity index (χ2n) is 6.75. The van der Waals surface area contributed by atoms with Crippen LogP contribution in [0.1, 0.15) is 28.4 Å². The number of sulfonamides is 1. The quantitative estimate of drug-likeness (QED) is 0.646. The Morgan fingerprint density at radius 3 is 2.21 bits per heavy atom. The average Bonchev–Trinajstić information content (AvgIpc) is 2.75. The van der Waals surface area contributed by atoms with Crippen molar-refractivity contribution in [2.45, 2.75) is 25.2 Å². The van der Waals surface area contributed by atoms with Crippen molar-refractivity contribution in [1.29, 1.82) is 0 Å². The first-order valence-electron chi connectivity index (χ1n) is 9.38. The number of amides is 1. The van der Waals surface area contributed by atoms with Crippen LogP contribution in [-0.2, 0) is 16.4 Å². The summed E-state index contributed by atoms with van der Waals surface area (Å²) in [6.45, 7) is 4.00. The molecule has 5 nitrogen and oxygen atoms in total. The van der Waals surface area contributed by atoms with Gasteiger partial charge in [-0.25, -0.2) is 8.42 Å². The molecule has 3 aromatic rings. The molecule has 0 aliphatic carbocycles. The Labute approximate surface area is 172 Å². The van der Waals surface area contributed by atoms with Gasteiger partial charge in [0.25, 0.3) is 15.9 Å². The number of hydrogen-bond donors (Lipinski definition) is 1. The van der Waals surface area contributed by atoms with E-state index in [-0.39, 0.29) is 10.8 Å². The zero-order chi connectivity index (χ0) is 21.0. The Balaban J connectivity index is 1.81. The van der Waals surface area contributed by atoms with Crippen molar-refractivity contribution in [3.8, 4) is 0 Å². The van der Waals surface area contributed by atoms with Gasteiger partial charge in [0.05, 0.1) is 10.6 Å². The van der Waals surface area contributed by atoms with Crippen molar-refractivity contribution in [2.75, 3.05) is 16.7 Å². The van der Waals surface area contributed by atoms with Crippen molar-refractivity contribution < 1.29 is 13.2 Å². The molecule has 0 spiro atoms. The number of benzene rings is 3. The first-order valence-corrected chi connectivity index (χ1v) is 10.8. The van der Waals surface area contributed by atoms with Gasteiger partial charge < -0.3 is 5.32 Å². The van der Waals surface area contributed by atoms with Gasteiger partial charge >= 0.3 is 0 Å². The molecule has 0 aromatic heterocycles. The van der Waals surface area contributed by atoms with Crippen molar-refractivity contribution in [3.05, 3.63) is 89.5 Å². The Morgan fingerprint density at radius 2 is 1.59 bits per heavy atom. The highest BCUT2D eigenvalue weighted by molar-refractivity contribution is 7.92. The minimum absolute atomic E-state index is 0.218. The maximum absolute atomic E-state index is 12.7. The highest BCUT2D eigenvalue weighted by Crippen LogP contribution is 2.24. The van der Waals surface area contributed by atoms with E-state index in [0.717, 1.165) is 23.2 Å². The number of rotatable bonds is 6. The molecule has 0 fully saturated rings. The molecule has 0 saturated carbocycles. The molecule has 150 valence electrons. The summed E-state index contributed by atoms with van der Waals surface area (Å²) in [5.41, 5.74) is 3.85. The van der Waals surface area contributed by atoms with Crippen LogP contribution in [-0.4, -0.2) is 21.4 Å². The summed E-state index contributed by atoms with van der Waals surface area (Å²) in [7, 11) is -2.16. The maximum Gasteiger partial charge on any atom is 0.264 e. The monoisotopic (exact) mass is 408 g/mol. The summed E-state index contributed by atoms with van der Waals surface area (Å²) < 4.78 is 26.7. The molecule has 0 saturated heterocycles. The molecule has 0 aliphatic rings. The maximum atomic E-state index is 12.7. The van der Waals surface area contributed by atoms with Crippen LogP contribution >= 0.6 is 0 Å². The first kappa shape index (κ1) is 20.6. The summed E-state index contributed by atoms with van der Waals surface area (Å²) in [6.07, 6.45) is 0.818. The molecule has 6 heteroatoms. The number of carbonyl (C=O) groups excluding carboxylic acids is 1. The van der Waals surface area contributed by atoms with Crippen LogP contribution in [0.15, 0.2) is 77.7 Å². The molecular formula is C23H24N2O3S. The molecule has 1 N–H and O–H groups in total. The molecule has 0 aliphatic heterocycles. The smallest absolute Gasteiger partial charge is 0.264 e. The van der Waals surface area contributed by atoms with Gasteiger partial charge in [0.15, 0.2) is 0 Å². The SMILES string of the molecule is CCc1cccc(C)c1NC(=O)c1ccc(N(C)S(=O)(=O)c2ccccc2)cc1. The third-order valence-electron chi connectivity index (χ3n) is 4.87. The second kappa shape index (κ2) is 8.49. The van der Waals surface area contributed by atoms with Gasteiger partial charge in [0.2, 0.25) is 0 Å². The highest BCUT2D eigenvalue weighted by Gasteiger charge is 2.21. The lowest BCUT2D eigenvalue weighted by atomic mass is 10.1. The summed E-state index contributed by atoms with van der Waals surface area (Å²) in [6, 6.07) is 20.7. The van der Waals surface area contributed by atoms with Gasteiger partial charge in [-0.15, -0.1) is 0 Å². The van der Waals surface area contributed by atoms with E-state index >= 15 is 0 Å². The van der Waals surface area contributed by atoms with Crippen molar-refractivity contribution >= 4 is 27.3 Å². The Hall–Kier alpha value is -3.12. The molecule has 0 atom stereocenters. The van der Waals surface area contributed by atoms with Gasteiger partial charge in [-0.2, -0.15) is 0 Å². The van der Waals surface area contributed by atoms with Gasteiger partial charge in [-0.1, -0.05) is 43.3 Å². The third kappa shape index (κ3) is 4.32. The highest BCUT2D eigenvalue weighted by atomic mass is 32.2. The molecule has 0 bridgehead atoms. The van der Waals surface area contributed by atoms with Crippen LogP contribution in [0.25, 0.3) is 0 Å². The normalized spacial score (nSPS) is 11.1. The second-order valence-corrected chi connectivity index (χ2v) is 8.72. The number of carbonyl (C=O) groups is 1. The summed E-state index contributed by atoms with van der Waals surface area (Å²) in [5.74, 6) is -0.228.